The first-order valence-corrected chi connectivity index (χ1v) is 11.6. The lowest BCUT2D eigenvalue weighted by atomic mass is 9.85. The van der Waals surface area contributed by atoms with Crippen LogP contribution < -0.4 is 15.8 Å². The fraction of sp³-hybridized carbons (Fsp3) is 0.542. The van der Waals surface area contributed by atoms with E-state index in [0.717, 1.165) is 6.08 Å². The third-order valence-electron chi connectivity index (χ3n) is 5.37. The van der Waals surface area contributed by atoms with Crippen LogP contribution in [0.25, 0.3) is 6.08 Å². The van der Waals surface area contributed by atoms with E-state index in [4.69, 9.17) is 32.2 Å². The molecular weight excluding hydrogens is 487 g/mol. The van der Waals surface area contributed by atoms with Crippen molar-refractivity contribution in [3.05, 3.63) is 33.9 Å². The number of esters is 1. The van der Waals surface area contributed by atoms with Gasteiger partial charge in [-0.1, -0.05) is 38.8 Å². The molecule has 1 amide bonds. The third kappa shape index (κ3) is 7.62. The second-order valence-electron chi connectivity index (χ2n) is 9.31. The molecule has 194 valence electrons. The molecule has 0 radical (unpaired) electrons. The number of amidine groups is 1. The lowest BCUT2D eigenvalue weighted by Crippen LogP contribution is -2.48. The maximum Gasteiger partial charge on any atom is 0.429 e. The van der Waals surface area contributed by atoms with E-state index in [2.05, 4.69) is 5.32 Å². The molecule has 1 heterocycles. The van der Waals surface area contributed by atoms with Gasteiger partial charge in [0, 0.05) is 17.0 Å². The number of alkyl halides is 3. The van der Waals surface area contributed by atoms with Crippen molar-refractivity contribution in [3.63, 3.8) is 0 Å². The molecule has 0 fully saturated rings. The minimum atomic E-state index is -4.89. The number of benzene rings is 1. The van der Waals surface area contributed by atoms with Crippen LogP contribution in [0.15, 0.2) is 17.7 Å². The van der Waals surface area contributed by atoms with Crippen LogP contribution in [0.1, 0.15) is 64.5 Å². The average molecular weight is 518 g/mol. The molecule has 0 unspecified atom stereocenters. The maximum atomic E-state index is 13.9. The monoisotopic (exact) mass is 517 g/mol. The van der Waals surface area contributed by atoms with Gasteiger partial charge in [0.1, 0.15) is 11.8 Å². The predicted molar refractivity (Wildman–Crippen MR) is 128 cm³/mol. The van der Waals surface area contributed by atoms with Crippen LogP contribution in [-0.2, 0) is 19.7 Å². The molecule has 0 saturated carbocycles. The van der Waals surface area contributed by atoms with Crippen LogP contribution in [0.4, 0.5) is 13.2 Å². The molecular formula is C24H31ClF3N3O4. The molecule has 0 saturated heterocycles. The van der Waals surface area contributed by atoms with Gasteiger partial charge in [-0.2, -0.15) is 13.2 Å². The second-order valence-corrected chi connectivity index (χ2v) is 9.72. The summed E-state index contributed by atoms with van der Waals surface area (Å²) in [6.07, 6.45) is -5.04. The highest BCUT2D eigenvalue weighted by Gasteiger charge is 2.49. The highest BCUT2D eigenvalue weighted by molar-refractivity contribution is 6.31. The number of hydrogen-bond acceptors (Lipinski definition) is 5. The van der Waals surface area contributed by atoms with Crippen molar-refractivity contribution in [2.75, 3.05) is 6.61 Å². The molecule has 0 spiro atoms. The van der Waals surface area contributed by atoms with Crippen molar-refractivity contribution in [3.8, 4) is 5.75 Å². The quantitative estimate of drug-likeness (QED) is 0.187. The zero-order valence-corrected chi connectivity index (χ0v) is 20.9. The molecule has 2 rings (SSSR count). The smallest absolute Gasteiger partial charge is 0.429 e. The van der Waals surface area contributed by atoms with Crippen molar-refractivity contribution < 1.29 is 32.2 Å². The number of halogens is 4. The summed E-state index contributed by atoms with van der Waals surface area (Å²) in [7, 11) is 0. The number of nitrogens with two attached hydrogens (primary N) is 1. The van der Waals surface area contributed by atoms with E-state index in [-0.39, 0.29) is 30.2 Å². The van der Waals surface area contributed by atoms with Crippen molar-refractivity contribution in [2.45, 2.75) is 77.1 Å². The van der Waals surface area contributed by atoms with Crippen LogP contribution in [0, 0.1) is 5.41 Å². The summed E-state index contributed by atoms with van der Waals surface area (Å²) in [6, 6.07) is 1.75. The van der Waals surface area contributed by atoms with Crippen molar-refractivity contribution in [1.82, 2.24) is 5.32 Å². The van der Waals surface area contributed by atoms with Gasteiger partial charge in [0.05, 0.1) is 18.0 Å². The molecule has 7 nitrogen and oxygen atoms in total. The van der Waals surface area contributed by atoms with Crippen LogP contribution in [-0.4, -0.2) is 42.6 Å². The van der Waals surface area contributed by atoms with E-state index < -0.39 is 41.2 Å². The summed E-state index contributed by atoms with van der Waals surface area (Å²) < 4.78 is 52.0. The van der Waals surface area contributed by atoms with Gasteiger partial charge in [-0.25, -0.2) is 4.79 Å². The molecule has 1 aromatic carbocycles. The van der Waals surface area contributed by atoms with Crippen molar-refractivity contribution in [1.29, 1.82) is 5.41 Å². The number of nitrogens with one attached hydrogen (secondary N) is 2. The minimum Gasteiger partial charge on any atom is -0.475 e. The standard InChI is InChI=1S/C24H31ClF3N3O4/c1-5-34-22(33)17(8-6-7-9-19(29)30)31-21(32)14-10-13-11-16(25)15(23(2,3)4)12-18(13)35-20(14)24(26,27)28/h10-12,17,20H,5-9H2,1-4H3,(H3,29,30)(H,31,32)/t17-,20-/m0/s1. The lowest BCUT2D eigenvalue weighted by molar-refractivity contribution is -0.185. The minimum absolute atomic E-state index is 0.0220. The molecule has 0 bridgehead atoms. The van der Waals surface area contributed by atoms with Gasteiger partial charge in [0.2, 0.25) is 6.10 Å². The molecule has 1 aliphatic rings. The van der Waals surface area contributed by atoms with Gasteiger partial charge < -0.3 is 20.5 Å². The Morgan fingerprint density at radius 2 is 1.91 bits per heavy atom. The van der Waals surface area contributed by atoms with Crippen LogP contribution in [0.2, 0.25) is 5.02 Å². The third-order valence-corrected chi connectivity index (χ3v) is 5.68. The summed E-state index contributed by atoms with van der Waals surface area (Å²) in [4.78, 5) is 25.3. The Morgan fingerprint density at radius 3 is 2.46 bits per heavy atom. The number of amides is 1. The van der Waals surface area contributed by atoms with Gasteiger partial charge in [0.25, 0.3) is 5.91 Å². The highest BCUT2D eigenvalue weighted by Crippen LogP contribution is 2.42. The van der Waals surface area contributed by atoms with Crippen LogP contribution in [0.5, 0.6) is 5.75 Å². The van der Waals surface area contributed by atoms with Gasteiger partial charge in [-0.05, 0) is 49.0 Å². The Kier molecular flexibility index (Phi) is 9.22. The van der Waals surface area contributed by atoms with Crippen molar-refractivity contribution >= 4 is 35.4 Å². The molecule has 35 heavy (non-hydrogen) atoms. The topological polar surface area (TPSA) is 115 Å². The number of carbonyl (C=O) groups is 2. The molecule has 1 aromatic rings. The zero-order valence-electron chi connectivity index (χ0n) is 20.1. The summed E-state index contributed by atoms with van der Waals surface area (Å²) in [5, 5.41) is 9.95. The Labute approximate surface area is 207 Å². The first kappa shape index (κ1) is 28.5. The molecule has 0 aliphatic carbocycles. The first-order valence-electron chi connectivity index (χ1n) is 11.2. The molecule has 11 heteroatoms. The summed E-state index contributed by atoms with van der Waals surface area (Å²) in [5.74, 6) is -1.92. The molecule has 2 atom stereocenters. The highest BCUT2D eigenvalue weighted by atomic mass is 35.5. The van der Waals surface area contributed by atoms with E-state index in [0.29, 0.717) is 29.8 Å². The molecule has 1 aliphatic heterocycles. The number of carbonyl (C=O) groups excluding carboxylic acids is 2. The Bertz CT molecular complexity index is 1000. The van der Waals surface area contributed by atoms with E-state index in [9.17, 15) is 22.8 Å². The molecule has 4 N–H and O–H groups in total. The van der Waals surface area contributed by atoms with Gasteiger partial charge in [-0.3, -0.25) is 10.2 Å². The number of fused-ring (bicyclic) bond motifs is 1. The number of rotatable bonds is 9. The normalized spacial score (nSPS) is 16.5. The number of ether oxygens (including phenoxy) is 2. The summed E-state index contributed by atoms with van der Waals surface area (Å²) in [5.41, 5.74) is 5.01. The zero-order chi connectivity index (χ0) is 26.6. The Balaban J connectivity index is 2.38. The van der Waals surface area contributed by atoms with Gasteiger partial charge in [-0.15, -0.1) is 0 Å². The average Bonchev–Trinajstić information content (AvgIpc) is 2.72. The fourth-order valence-electron chi connectivity index (χ4n) is 3.62. The predicted octanol–water partition coefficient (Wildman–Crippen LogP) is 4.89. The number of hydrogen-bond donors (Lipinski definition) is 3. The Hall–Kier alpha value is -2.75. The van der Waals surface area contributed by atoms with Crippen LogP contribution in [0.3, 0.4) is 0 Å². The molecule has 0 aromatic heterocycles. The summed E-state index contributed by atoms with van der Waals surface area (Å²) in [6.45, 7) is 7.22. The van der Waals surface area contributed by atoms with E-state index >= 15 is 0 Å². The lowest BCUT2D eigenvalue weighted by Gasteiger charge is -2.31. The van der Waals surface area contributed by atoms with Gasteiger partial charge >= 0.3 is 12.1 Å². The SMILES string of the molecule is CCOC(=O)[C@H](CCCCC(=N)N)NC(=O)C1=Cc2cc(Cl)c(C(C)(C)C)cc2O[C@@H]1C(F)(F)F. The Morgan fingerprint density at radius 1 is 1.26 bits per heavy atom. The number of unbranched alkanes of at least 4 members (excludes halogenated alkanes) is 1. The van der Waals surface area contributed by atoms with Crippen molar-refractivity contribution in [2.24, 2.45) is 5.73 Å². The first-order chi connectivity index (χ1) is 16.1. The largest absolute Gasteiger partial charge is 0.475 e. The van der Waals surface area contributed by atoms with E-state index in [1.54, 1.807) is 6.92 Å². The van der Waals surface area contributed by atoms with Crippen LogP contribution >= 0.6 is 11.6 Å². The second kappa shape index (κ2) is 11.3. The maximum absolute atomic E-state index is 13.9. The summed E-state index contributed by atoms with van der Waals surface area (Å²) >= 11 is 6.36. The van der Waals surface area contributed by atoms with E-state index in [1.165, 1.54) is 12.1 Å². The fourth-order valence-corrected chi connectivity index (χ4v) is 4.07. The van der Waals surface area contributed by atoms with Gasteiger partial charge in [0.15, 0.2) is 0 Å². The van der Waals surface area contributed by atoms with E-state index in [1.807, 2.05) is 20.8 Å².